The Labute approximate surface area is 157 Å². The van der Waals surface area contributed by atoms with Gasteiger partial charge in [0.15, 0.2) is 5.76 Å². The van der Waals surface area contributed by atoms with Crippen LogP contribution in [0.4, 0.5) is 0 Å². The van der Waals surface area contributed by atoms with Crippen LogP contribution in [0.1, 0.15) is 27.5 Å². The quantitative estimate of drug-likeness (QED) is 0.627. The summed E-state index contributed by atoms with van der Waals surface area (Å²) in [5, 5.41) is 10.1. The SMILES string of the molecule is Cc1nn(-c2ccccc2)c(C)c1CC(=O)NCCNC(=O)c1ccco1. The Balaban J connectivity index is 1.52. The summed E-state index contributed by atoms with van der Waals surface area (Å²) in [7, 11) is 0. The maximum absolute atomic E-state index is 12.3. The Kier molecular flexibility index (Phi) is 5.71. The number of nitrogens with zero attached hydrogens (tertiary/aromatic N) is 2. The van der Waals surface area contributed by atoms with Crippen molar-refractivity contribution < 1.29 is 14.0 Å². The van der Waals surface area contributed by atoms with Crippen molar-refractivity contribution in [3.05, 3.63) is 71.4 Å². The van der Waals surface area contributed by atoms with Gasteiger partial charge in [-0.2, -0.15) is 5.10 Å². The number of aromatic nitrogens is 2. The highest BCUT2D eigenvalue weighted by Crippen LogP contribution is 2.18. The summed E-state index contributed by atoms with van der Waals surface area (Å²) in [6.45, 7) is 4.53. The molecule has 0 unspecified atom stereocenters. The second-order valence-electron chi connectivity index (χ2n) is 6.16. The zero-order valence-corrected chi connectivity index (χ0v) is 15.4. The van der Waals surface area contributed by atoms with E-state index in [2.05, 4.69) is 15.7 Å². The number of aryl methyl sites for hydroxylation is 1. The molecule has 27 heavy (non-hydrogen) atoms. The standard InChI is InChI=1S/C20H22N4O3/c1-14-17(15(2)24(23-14)16-7-4-3-5-8-16)13-19(25)21-10-11-22-20(26)18-9-6-12-27-18/h3-9,12H,10-11,13H2,1-2H3,(H,21,25)(H,22,26). The average Bonchev–Trinajstić information content (AvgIpc) is 3.30. The number of rotatable bonds is 7. The molecule has 1 aromatic carbocycles. The van der Waals surface area contributed by atoms with Gasteiger partial charge in [-0.05, 0) is 38.1 Å². The molecule has 0 saturated carbocycles. The molecule has 2 aromatic heterocycles. The number of carbonyl (C=O) groups excluding carboxylic acids is 2. The van der Waals surface area contributed by atoms with Gasteiger partial charge < -0.3 is 15.1 Å². The Hall–Kier alpha value is -3.35. The van der Waals surface area contributed by atoms with E-state index in [4.69, 9.17) is 4.42 Å². The normalized spacial score (nSPS) is 10.6. The summed E-state index contributed by atoms with van der Waals surface area (Å²) in [6.07, 6.45) is 1.69. The molecule has 0 aliphatic heterocycles. The van der Waals surface area contributed by atoms with Gasteiger partial charge in [-0.15, -0.1) is 0 Å². The van der Waals surface area contributed by atoms with Gasteiger partial charge in [-0.25, -0.2) is 4.68 Å². The first-order valence-electron chi connectivity index (χ1n) is 8.75. The Morgan fingerprint density at radius 3 is 2.48 bits per heavy atom. The number of amides is 2. The lowest BCUT2D eigenvalue weighted by Gasteiger charge is -2.07. The summed E-state index contributed by atoms with van der Waals surface area (Å²) < 4.78 is 6.86. The highest BCUT2D eigenvalue weighted by atomic mass is 16.3. The fourth-order valence-corrected chi connectivity index (χ4v) is 2.85. The first-order valence-corrected chi connectivity index (χ1v) is 8.75. The van der Waals surface area contributed by atoms with Gasteiger partial charge in [-0.3, -0.25) is 9.59 Å². The summed E-state index contributed by atoms with van der Waals surface area (Å²) in [5.74, 6) is -0.160. The monoisotopic (exact) mass is 366 g/mol. The molecule has 3 aromatic rings. The highest BCUT2D eigenvalue weighted by molar-refractivity contribution is 5.91. The topological polar surface area (TPSA) is 89.2 Å². The molecule has 0 spiro atoms. The van der Waals surface area contributed by atoms with Crippen LogP contribution in [0, 0.1) is 13.8 Å². The van der Waals surface area contributed by atoms with E-state index in [0.29, 0.717) is 13.1 Å². The molecule has 0 bridgehead atoms. The molecule has 0 radical (unpaired) electrons. The molecule has 3 rings (SSSR count). The summed E-state index contributed by atoms with van der Waals surface area (Å²) in [4.78, 5) is 24.0. The maximum atomic E-state index is 12.3. The van der Waals surface area contributed by atoms with Crippen LogP contribution in [0.25, 0.3) is 5.69 Å². The number of carbonyl (C=O) groups is 2. The molecule has 0 atom stereocenters. The van der Waals surface area contributed by atoms with Crippen LogP contribution >= 0.6 is 0 Å². The summed E-state index contributed by atoms with van der Waals surface area (Å²) in [6, 6.07) is 13.1. The lowest BCUT2D eigenvalue weighted by Crippen LogP contribution is -2.35. The van der Waals surface area contributed by atoms with E-state index in [1.54, 1.807) is 12.1 Å². The molecule has 0 aliphatic rings. The zero-order valence-electron chi connectivity index (χ0n) is 15.4. The smallest absolute Gasteiger partial charge is 0.287 e. The minimum atomic E-state index is -0.301. The van der Waals surface area contributed by atoms with Crippen molar-refractivity contribution >= 4 is 11.8 Å². The largest absolute Gasteiger partial charge is 0.459 e. The third kappa shape index (κ3) is 4.44. The number of hydrogen-bond acceptors (Lipinski definition) is 4. The van der Waals surface area contributed by atoms with Gasteiger partial charge >= 0.3 is 0 Å². The Morgan fingerprint density at radius 2 is 1.78 bits per heavy atom. The van der Waals surface area contributed by atoms with E-state index in [0.717, 1.165) is 22.6 Å². The molecule has 7 nitrogen and oxygen atoms in total. The second kappa shape index (κ2) is 8.35. The van der Waals surface area contributed by atoms with Crippen molar-refractivity contribution in [1.82, 2.24) is 20.4 Å². The predicted molar refractivity (Wildman–Crippen MR) is 101 cm³/mol. The van der Waals surface area contributed by atoms with Gasteiger partial charge in [-0.1, -0.05) is 18.2 Å². The number of nitrogens with one attached hydrogen (secondary N) is 2. The van der Waals surface area contributed by atoms with Gasteiger partial charge in [0, 0.05) is 24.3 Å². The van der Waals surface area contributed by atoms with Crippen molar-refractivity contribution in [3.8, 4) is 5.69 Å². The van der Waals surface area contributed by atoms with Crippen LogP contribution in [0.15, 0.2) is 53.1 Å². The molecular weight excluding hydrogens is 344 g/mol. The molecule has 0 saturated heterocycles. The molecule has 0 fully saturated rings. The van der Waals surface area contributed by atoms with Gasteiger partial charge in [0.05, 0.1) is 24.1 Å². The van der Waals surface area contributed by atoms with Crippen LogP contribution in [0.5, 0.6) is 0 Å². The van der Waals surface area contributed by atoms with E-state index >= 15 is 0 Å². The maximum Gasteiger partial charge on any atom is 0.287 e. The zero-order chi connectivity index (χ0) is 19.2. The van der Waals surface area contributed by atoms with E-state index in [9.17, 15) is 9.59 Å². The lowest BCUT2D eigenvalue weighted by molar-refractivity contribution is -0.120. The molecule has 7 heteroatoms. The molecule has 2 N–H and O–H groups in total. The minimum Gasteiger partial charge on any atom is -0.459 e. The first kappa shape index (κ1) is 18.4. The summed E-state index contributed by atoms with van der Waals surface area (Å²) >= 11 is 0. The second-order valence-corrected chi connectivity index (χ2v) is 6.16. The van der Waals surface area contributed by atoms with Crippen molar-refractivity contribution in [2.24, 2.45) is 0 Å². The molecule has 140 valence electrons. The predicted octanol–water partition coefficient (Wildman–Crippen LogP) is 2.17. The van der Waals surface area contributed by atoms with Crippen LogP contribution in [-0.2, 0) is 11.2 Å². The van der Waals surface area contributed by atoms with Crippen molar-refractivity contribution in [3.63, 3.8) is 0 Å². The van der Waals surface area contributed by atoms with Crippen LogP contribution < -0.4 is 10.6 Å². The van der Waals surface area contributed by atoms with Crippen molar-refractivity contribution in [1.29, 1.82) is 0 Å². The molecule has 0 aliphatic carbocycles. The van der Waals surface area contributed by atoms with Crippen LogP contribution in [-0.4, -0.2) is 34.7 Å². The third-order valence-corrected chi connectivity index (χ3v) is 4.26. The lowest BCUT2D eigenvalue weighted by atomic mass is 10.1. The molecular formula is C20H22N4O3. The fraction of sp³-hybridized carbons (Fsp3) is 0.250. The molecule has 2 heterocycles. The number of hydrogen-bond donors (Lipinski definition) is 2. The number of furan rings is 1. The van der Waals surface area contributed by atoms with Crippen molar-refractivity contribution in [2.45, 2.75) is 20.3 Å². The van der Waals surface area contributed by atoms with Crippen molar-refractivity contribution in [2.75, 3.05) is 13.1 Å². The van der Waals surface area contributed by atoms with Gasteiger partial charge in [0.25, 0.3) is 5.91 Å². The average molecular weight is 366 g/mol. The minimum absolute atomic E-state index is 0.110. The van der Waals surface area contributed by atoms with E-state index in [-0.39, 0.29) is 24.0 Å². The Morgan fingerprint density at radius 1 is 1.04 bits per heavy atom. The van der Waals surface area contributed by atoms with Gasteiger partial charge in [0.1, 0.15) is 0 Å². The number of para-hydroxylation sites is 1. The summed E-state index contributed by atoms with van der Waals surface area (Å²) in [5.41, 5.74) is 3.65. The van der Waals surface area contributed by atoms with Gasteiger partial charge in [0.2, 0.25) is 5.91 Å². The van der Waals surface area contributed by atoms with E-state index < -0.39 is 0 Å². The highest BCUT2D eigenvalue weighted by Gasteiger charge is 2.16. The Bertz CT molecular complexity index is 914. The third-order valence-electron chi connectivity index (χ3n) is 4.26. The van der Waals surface area contributed by atoms with Crippen LogP contribution in [0.3, 0.4) is 0 Å². The molecule has 2 amide bonds. The first-order chi connectivity index (χ1) is 13.1. The van der Waals surface area contributed by atoms with E-state index in [1.165, 1.54) is 6.26 Å². The number of benzene rings is 1. The van der Waals surface area contributed by atoms with Crippen LogP contribution in [0.2, 0.25) is 0 Å². The fourth-order valence-electron chi connectivity index (χ4n) is 2.85. The van der Waals surface area contributed by atoms with E-state index in [1.807, 2.05) is 48.9 Å².